The molecule has 0 atom stereocenters. The van der Waals surface area contributed by atoms with Crippen molar-refractivity contribution < 1.29 is 22.4 Å². The van der Waals surface area contributed by atoms with Crippen LogP contribution in [0, 0.1) is 5.82 Å². The lowest BCUT2D eigenvalue weighted by molar-refractivity contribution is -0.140. The van der Waals surface area contributed by atoms with Crippen LogP contribution in [0.2, 0.25) is 0 Å². The lowest BCUT2D eigenvalue weighted by Gasteiger charge is -2.16. The molecule has 1 aromatic rings. The SMILES string of the molecule is O=CNC1(c2ccc(C(F)(F)F)c(F)c2)CC1. The van der Waals surface area contributed by atoms with Crippen molar-refractivity contribution in [1.29, 1.82) is 0 Å². The topological polar surface area (TPSA) is 29.1 Å². The standard InChI is InChI=1S/C11H9F4NO/c12-9-5-7(10(3-4-10)16-6-17)1-2-8(9)11(13,14)15/h1-2,5-6H,3-4H2,(H,16,17). The zero-order chi connectivity index (χ0) is 12.7. The van der Waals surface area contributed by atoms with Crippen molar-refractivity contribution in [3.63, 3.8) is 0 Å². The Kier molecular flexibility index (Phi) is 2.60. The molecule has 0 spiro atoms. The van der Waals surface area contributed by atoms with Gasteiger partial charge >= 0.3 is 6.18 Å². The Hall–Kier alpha value is -1.59. The largest absolute Gasteiger partial charge is 0.419 e. The van der Waals surface area contributed by atoms with E-state index in [1.165, 1.54) is 6.07 Å². The van der Waals surface area contributed by atoms with E-state index in [9.17, 15) is 22.4 Å². The number of benzene rings is 1. The highest BCUT2D eigenvalue weighted by Crippen LogP contribution is 2.46. The van der Waals surface area contributed by atoms with Gasteiger partial charge in [0.15, 0.2) is 0 Å². The normalized spacial score (nSPS) is 17.6. The molecule has 92 valence electrons. The minimum absolute atomic E-state index is 0.370. The second kappa shape index (κ2) is 3.72. The lowest BCUT2D eigenvalue weighted by atomic mass is 10.0. The summed E-state index contributed by atoms with van der Waals surface area (Å²) in [6.45, 7) is 0. The van der Waals surface area contributed by atoms with E-state index in [0.717, 1.165) is 6.07 Å². The van der Waals surface area contributed by atoms with Crippen LogP contribution in [0.25, 0.3) is 0 Å². The summed E-state index contributed by atoms with van der Waals surface area (Å²) in [7, 11) is 0. The molecule has 1 aromatic carbocycles. The van der Waals surface area contributed by atoms with Crippen molar-refractivity contribution in [3.05, 3.63) is 35.1 Å². The van der Waals surface area contributed by atoms with Crippen molar-refractivity contribution in [3.8, 4) is 0 Å². The zero-order valence-corrected chi connectivity index (χ0v) is 8.64. The van der Waals surface area contributed by atoms with Crippen LogP contribution in [0.3, 0.4) is 0 Å². The molecular weight excluding hydrogens is 238 g/mol. The molecule has 1 fully saturated rings. The van der Waals surface area contributed by atoms with Gasteiger partial charge < -0.3 is 5.32 Å². The van der Waals surface area contributed by atoms with E-state index in [0.29, 0.717) is 30.9 Å². The van der Waals surface area contributed by atoms with Gasteiger partial charge in [-0.2, -0.15) is 13.2 Å². The van der Waals surface area contributed by atoms with Crippen LogP contribution < -0.4 is 5.32 Å². The van der Waals surface area contributed by atoms with Crippen LogP contribution in [0.5, 0.6) is 0 Å². The van der Waals surface area contributed by atoms with Crippen LogP contribution in [-0.4, -0.2) is 6.41 Å². The number of alkyl halides is 3. The van der Waals surface area contributed by atoms with Crippen molar-refractivity contribution in [1.82, 2.24) is 5.32 Å². The van der Waals surface area contributed by atoms with Crippen LogP contribution in [-0.2, 0) is 16.5 Å². The molecule has 0 aliphatic heterocycles. The minimum atomic E-state index is -4.70. The number of hydrogen-bond acceptors (Lipinski definition) is 1. The smallest absolute Gasteiger partial charge is 0.349 e. The second-order valence-electron chi connectivity index (χ2n) is 4.04. The molecule has 2 rings (SSSR count). The van der Waals surface area contributed by atoms with Gasteiger partial charge in [-0.15, -0.1) is 0 Å². The fourth-order valence-corrected chi connectivity index (χ4v) is 1.80. The van der Waals surface area contributed by atoms with Crippen LogP contribution in [0.4, 0.5) is 17.6 Å². The first-order valence-electron chi connectivity index (χ1n) is 4.98. The Morgan fingerprint density at radius 1 is 1.29 bits per heavy atom. The third-order valence-corrected chi connectivity index (χ3v) is 2.91. The fourth-order valence-electron chi connectivity index (χ4n) is 1.80. The van der Waals surface area contributed by atoms with E-state index < -0.39 is 23.1 Å². The fraction of sp³-hybridized carbons (Fsp3) is 0.364. The molecule has 2 nitrogen and oxygen atoms in total. The summed E-state index contributed by atoms with van der Waals surface area (Å²) in [6.07, 6.45) is -3.01. The summed E-state index contributed by atoms with van der Waals surface area (Å²) in [5.74, 6) is -1.31. The first kappa shape index (κ1) is 11.9. The van der Waals surface area contributed by atoms with E-state index in [1.807, 2.05) is 0 Å². The molecule has 6 heteroatoms. The number of carbonyl (C=O) groups is 1. The zero-order valence-electron chi connectivity index (χ0n) is 8.64. The highest BCUT2D eigenvalue weighted by molar-refractivity contribution is 5.52. The monoisotopic (exact) mass is 247 g/mol. The lowest BCUT2D eigenvalue weighted by Crippen LogP contribution is -2.27. The second-order valence-corrected chi connectivity index (χ2v) is 4.04. The Morgan fingerprint density at radius 3 is 2.35 bits per heavy atom. The highest BCUT2D eigenvalue weighted by Gasteiger charge is 2.45. The van der Waals surface area contributed by atoms with Crippen molar-refractivity contribution >= 4 is 6.41 Å². The number of nitrogens with one attached hydrogen (secondary N) is 1. The molecular formula is C11H9F4NO. The molecule has 1 saturated carbocycles. The van der Waals surface area contributed by atoms with Crippen LogP contribution in [0.15, 0.2) is 18.2 Å². The summed E-state index contributed by atoms with van der Waals surface area (Å²) in [5, 5.41) is 2.51. The first-order valence-corrected chi connectivity index (χ1v) is 4.98. The van der Waals surface area contributed by atoms with Gasteiger partial charge in [0, 0.05) is 0 Å². The molecule has 0 radical (unpaired) electrons. The average Bonchev–Trinajstić information content (AvgIpc) is 2.97. The van der Waals surface area contributed by atoms with Gasteiger partial charge in [-0.1, -0.05) is 6.07 Å². The Bertz CT molecular complexity index is 451. The highest BCUT2D eigenvalue weighted by atomic mass is 19.4. The molecule has 0 aromatic heterocycles. The Balaban J connectivity index is 2.35. The van der Waals surface area contributed by atoms with Gasteiger partial charge in [0.2, 0.25) is 6.41 Å². The number of rotatable bonds is 3. The molecule has 1 aliphatic carbocycles. The van der Waals surface area contributed by atoms with E-state index in [1.54, 1.807) is 0 Å². The van der Waals surface area contributed by atoms with Crippen molar-refractivity contribution in [2.24, 2.45) is 0 Å². The van der Waals surface area contributed by atoms with Gasteiger partial charge in [0.25, 0.3) is 0 Å². The quantitative estimate of drug-likeness (QED) is 0.645. The minimum Gasteiger partial charge on any atom is -0.349 e. The number of amides is 1. The predicted molar refractivity (Wildman–Crippen MR) is 51.5 cm³/mol. The molecule has 17 heavy (non-hydrogen) atoms. The molecule has 1 aliphatic rings. The third kappa shape index (κ3) is 2.11. The van der Waals surface area contributed by atoms with Crippen molar-refractivity contribution in [2.75, 3.05) is 0 Å². The number of halogens is 4. The summed E-state index contributed by atoms with van der Waals surface area (Å²) in [5.41, 5.74) is -1.59. The average molecular weight is 247 g/mol. The predicted octanol–water partition coefficient (Wildman–Crippen LogP) is 2.58. The third-order valence-electron chi connectivity index (χ3n) is 2.91. The van der Waals surface area contributed by atoms with Crippen LogP contribution in [0.1, 0.15) is 24.0 Å². The van der Waals surface area contributed by atoms with E-state index in [4.69, 9.17) is 0 Å². The molecule has 0 bridgehead atoms. The van der Waals surface area contributed by atoms with E-state index >= 15 is 0 Å². The van der Waals surface area contributed by atoms with Gasteiger partial charge in [-0.3, -0.25) is 4.79 Å². The number of hydrogen-bond donors (Lipinski definition) is 1. The van der Waals surface area contributed by atoms with Crippen molar-refractivity contribution in [2.45, 2.75) is 24.6 Å². The molecule has 0 heterocycles. The van der Waals surface area contributed by atoms with Gasteiger partial charge in [0.1, 0.15) is 5.82 Å². The number of carbonyl (C=O) groups excluding carboxylic acids is 1. The Morgan fingerprint density at radius 2 is 1.94 bits per heavy atom. The maximum absolute atomic E-state index is 13.3. The molecule has 0 saturated heterocycles. The van der Waals surface area contributed by atoms with E-state index in [2.05, 4.69) is 5.32 Å². The molecule has 0 unspecified atom stereocenters. The van der Waals surface area contributed by atoms with Gasteiger partial charge in [-0.25, -0.2) is 4.39 Å². The van der Waals surface area contributed by atoms with Crippen LogP contribution >= 0.6 is 0 Å². The Labute approximate surface area is 94.6 Å². The summed E-state index contributed by atoms with van der Waals surface area (Å²) in [6, 6.07) is 2.75. The maximum atomic E-state index is 13.3. The summed E-state index contributed by atoms with van der Waals surface area (Å²) >= 11 is 0. The maximum Gasteiger partial charge on any atom is 0.419 e. The van der Waals surface area contributed by atoms with Gasteiger partial charge in [-0.05, 0) is 30.5 Å². The summed E-state index contributed by atoms with van der Waals surface area (Å²) < 4.78 is 50.3. The van der Waals surface area contributed by atoms with E-state index in [-0.39, 0.29) is 0 Å². The first-order chi connectivity index (χ1) is 7.89. The molecule has 1 N–H and O–H groups in total. The van der Waals surface area contributed by atoms with Gasteiger partial charge in [0.05, 0.1) is 11.1 Å². The summed E-state index contributed by atoms with van der Waals surface area (Å²) in [4.78, 5) is 10.4. The molecule has 1 amide bonds.